The first-order chi connectivity index (χ1) is 22.7. The van der Waals surface area contributed by atoms with Crippen molar-refractivity contribution >= 4 is 38.8 Å². The van der Waals surface area contributed by atoms with Gasteiger partial charge in [0.25, 0.3) is 5.91 Å². The van der Waals surface area contributed by atoms with Gasteiger partial charge in [0.1, 0.15) is 28.1 Å². The quantitative estimate of drug-likeness (QED) is 0.241. The minimum Gasteiger partial charge on any atom is -0.444 e. The highest BCUT2D eigenvalue weighted by Gasteiger charge is 2.35. The number of hydrogen-bond donors (Lipinski definition) is 0. The number of nitrogens with zero attached hydrogens (tertiary/aromatic N) is 4. The first kappa shape index (κ1) is 34.3. The molecule has 0 saturated carbocycles. The van der Waals surface area contributed by atoms with Crippen molar-refractivity contribution in [2.75, 3.05) is 33.2 Å². The van der Waals surface area contributed by atoms with Crippen LogP contribution in [0.2, 0.25) is 0 Å². The lowest BCUT2D eigenvalue weighted by Crippen LogP contribution is -2.57. The van der Waals surface area contributed by atoms with Crippen LogP contribution < -0.4 is 4.18 Å². The fourth-order valence-electron chi connectivity index (χ4n) is 5.35. The van der Waals surface area contributed by atoms with E-state index in [0.29, 0.717) is 21.9 Å². The molecule has 0 bridgehead atoms. The third kappa shape index (κ3) is 8.08. The smallest absolute Gasteiger partial charge is 0.410 e. The summed E-state index contributed by atoms with van der Waals surface area (Å²) in [6.45, 7) is 6.19. The van der Waals surface area contributed by atoms with Crippen molar-refractivity contribution in [3.8, 4) is 5.75 Å². The molecule has 252 valence electrons. The van der Waals surface area contributed by atoms with E-state index in [1.807, 2.05) is 0 Å². The average molecular weight is 677 g/mol. The van der Waals surface area contributed by atoms with Gasteiger partial charge in [-0.05, 0) is 74.9 Å². The number of piperazine rings is 1. The molecule has 13 heteroatoms. The molecule has 1 fully saturated rings. The third-order valence-electron chi connectivity index (χ3n) is 7.87. The number of rotatable bonds is 8. The molecule has 48 heavy (non-hydrogen) atoms. The maximum Gasteiger partial charge on any atom is 0.410 e. The Morgan fingerprint density at radius 2 is 1.56 bits per heavy atom. The molecule has 5 rings (SSSR count). The van der Waals surface area contributed by atoms with Crippen LogP contribution in [0.3, 0.4) is 0 Å². The van der Waals surface area contributed by atoms with Gasteiger partial charge in [-0.25, -0.2) is 9.18 Å². The largest absolute Gasteiger partial charge is 0.444 e. The Bertz CT molecular complexity index is 1900. The number of carbonyl (C=O) groups is 3. The van der Waals surface area contributed by atoms with Gasteiger partial charge in [0, 0.05) is 68.4 Å². The molecule has 3 amide bonds. The first-order valence-electron chi connectivity index (χ1n) is 15.4. The van der Waals surface area contributed by atoms with Crippen molar-refractivity contribution in [2.45, 2.75) is 43.7 Å². The summed E-state index contributed by atoms with van der Waals surface area (Å²) in [5.41, 5.74) is 0.208. The van der Waals surface area contributed by atoms with Gasteiger partial charge in [0.2, 0.25) is 5.91 Å². The Morgan fingerprint density at radius 1 is 0.917 bits per heavy atom. The fraction of sp³-hybridized carbons (Fsp3) is 0.314. The zero-order valence-corrected chi connectivity index (χ0v) is 27.9. The summed E-state index contributed by atoms with van der Waals surface area (Å²) in [4.78, 5) is 48.5. The predicted molar refractivity (Wildman–Crippen MR) is 176 cm³/mol. The van der Waals surface area contributed by atoms with E-state index in [0.717, 1.165) is 0 Å². The van der Waals surface area contributed by atoms with E-state index in [2.05, 4.69) is 4.98 Å². The maximum atomic E-state index is 13.9. The number of benzene rings is 3. The molecule has 11 nitrogen and oxygen atoms in total. The van der Waals surface area contributed by atoms with Gasteiger partial charge in [0.15, 0.2) is 0 Å². The second kappa shape index (κ2) is 14.0. The minimum absolute atomic E-state index is 0.00980. The van der Waals surface area contributed by atoms with Gasteiger partial charge in [-0.1, -0.05) is 24.3 Å². The van der Waals surface area contributed by atoms with Gasteiger partial charge in [-0.15, -0.1) is 0 Å². The number of aromatic nitrogens is 1. The first-order valence-corrected chi connectivity index (χ1v) is 16.8. The molecule has 3 aromatic carbocycles. The number of amides is 3. The number of pyridine rings is 1. The summed E-state index contributed by atoms with van der Waals surface area (Å²) in [5, 5.41) is 1.14. The third-order valence-corrected chi connectivity index (χ3v) is 9.18. The van der Waals surface area contributed by atoms with Crippen LogP contribution in [0.15, 0.2) is 90.1 Å². The molecule has 0 N–H and O–H groups in total. The highest BCUT2D eigenvalue weighted by Crippen LogP contribution is 2.26. The van der Waals surface area contributed by atoms with Crippen LogP contribution in [-0.4, -0.2) is 90.9 Å². The zero-order chi connectivity index (χ0) is 34.6. The van der Waals surface area contributed by atoms with Crippen LogP contribution in [-0.2, 0) is 26.1 Å². The van der Waals surface area contributed by atoms with Crippen LogP contribution in [0.5, 0.6) is 5.75 Å². The molecule has 1 aromatic heterocycles. The molecule has 4 aromatic rings. The summed E-state index contributed by atoms with van der Waals surface area (Å²) < 4.78 is 50.7. The van der Waals surface area contributed by atoms with Gasteiger partial charge in [-0.2, -0.15) is 8.42 Å². The van der Waals surface area contributed by atoms with E-state index >= 15 is 0 Å². The number of ether oxygens (including phenoxy) is 1. The van der Waals surface area contributed by atoms with Crippen molar-refractivity contribution in [1.82, 2.24) is 19.7 Å². The highest BCUT2D eigenvalue weighted by molar-refractivity contribution is 7.87. The van der Waals surface area contributed by atoms with E-state index in [-0.39, 0.29) is 55.1 Å². The lowest BCUT2D eigenvalue weighted by molar-refractivity contribution is -0.138. The van der Waals surface area contributed by atoms with E-state index < -0.39 is 33.7 Å². The standard InChI is InChI=1S/C35H37FN4O7S/c1-35(2,3)46-34(43)38(4)30(33(42)40-20-18-39(19-21-40)32(41)25-10-12-27(36)13-11-25)22-24-8-14-28(15-9-24)47-48(44,45)31-7-5-6-26-23-37-17-16-29(26)31/h5-17,23,30H,18-22H2,1-4H3/t30-/m0/s1. The van der Waals surface area contributed by atoms with Crippen molar-refractivity contribution < 1.29 is 36.1 Å². The van der Waals surface area contributed by atoms with Crippen LogP contribution >= 0.6 is 0 Å². The topological polar surface area (TPSA) is 126 Å². The van der Waals surface area contributed by atoms with Gasteiger partial charge >= 0.3 is 16.2 Å². The Morgan fingerprint density at radius 3 is 2.21 bits per heavy atom. The molecule has 1 atom stereocenters. The van der Waals surface area contributed by atoms with Crippen molar-refractivity contribution in [1.29, 1.82) is 0 Å². The zero-order valence-electron chi connectivity index (χ0n) is 27.1. The molecular weight excluding hydrogens is 639 g/mol. The molecule has 0 radical (unpaired) electrons. The maximum absolute atomic E-state index is 13.9. The monoisotopic (exact) mass is 676 g/mol. The summed E-state index contributed by atoms with van der Waals surface area (Å²) >= 11 is 0. The Labute approximate surface area is 279 Å². The lowest BCUT2D eigenvalue weighted by atomic mass is 10.0. The molecule has 0 spiro atoms. The van der Waals surface area contributed by atoms with Gasteiger partial charge in [0.05, 0.1) is 0 Å². The van der Waals surface area contributed by atoms with E-state index in [4.69, 9.17) is 8.92 Å². The fourth-order valence-corrected chi connectivity index (χ4v) is 6.51. The SMILES string of the molecule is CN(C(=O)OC(C)(C)C)[C@@H](Cc1ccc(OS(=O)(=O)c2cccc3cnccc23)cc1)C(=O)N1CCN(C(=O)c2ccc(F)cc2)CC1. The molecule has 0 aliphatic carbocycles. The number of fused-ring (bicyclic) bond motifs is 1. The van der Waals surface area contributed by atoms with Crippen LogP contribution in [0.25, 0.3) is 10.8 Å². The number of likely N-dealkylation sites (N-methyl/N-ethyl adjacent to an activating group) is 1. The summed E-state index contributed by atoms with van der Waals surface area (Å²) in [6.07, 6.45) is 2.51. The number of halogens is 1. The summed E-state index contributed by atoms with van der Waals surface area (Å²) in [7, 11) is -2.68. The van der Waals surface area contributed by atoms with Crippen molar-refractivity contribution in [2.24, 2.45) is 0 Å². The predicted octanol–water partition coefficient (Wildman–Crippen LogP) is 4.90. The van der Waals surface area contributed by atoms with Crippen LogP contribution in [0, 0.1) is 5.82 Å². The minimum atomic E-state index is -4.18. The summed E-state index contributed by atoms with van der Waals surface area (Å²) in [6, 6.07) is 17.1. The second-order valence-corrected chi connectivity index (χ2v) is 14.0. The molecule has 1 aliphatic heterocycles. The van der Waals surface area contributed by atoms with Crippen molar-refractivity contribution in [3.63, 3.8) is 0 Å². The number of hydrogen-bond acceptors (Lipinski definition) is 8. The molecule has 0 unspecified atom stereocenters. The van der Waals surface area contributed by atoms with E-state index in [9.17, 15) is 27.2 Å². The Hall–Kier alpha value is -5.04. The van der Waals surface area contributed by atoms with Crippen molar-refractivity contribution in [3.05, 3.63) is 102 Å². The molecule has 2 heterocycles. The van der Waals surface area contributed by atoms with Crippen LogP contribution in [0.1, 0.15) is 36.7 Å². The van der Waals surface area contributed by atoms with Crippen LogP contribution in [0.4, 0.5) is 9.18 Å². The normalized spacial score (nSPS) is 14.4. The Balaban J connectivity index is 1.30. The van der Waals surface area contributed by atoms with Gasteiger partial charge < -0.3 is 18.7 Å². The molecule has 1 saturated heterocycles. The average Bonchev–Trinajstić information content (AvgIpc) is 3.06. The number of carbonyl (C=O) groups excluding carboxylic acids is 3. The van der Waals surface area contributed by atoms with Gasteiger partial charge in [-0.3, -0.25) is 19.5 Å². The summed E-state index contributed by atoms with van der Waals surface area (Å²) in [5.74, 6) is -0.944. The molecular formula is C35H37FN4O7S. The van der Waals surface area contributed by atoms with E-state index in [1.165, 1.54) is 60.6 Å². The second-order valence-electron chi connectivity index (χ2n) is 12.5. The highest BCUT2D eigenvalue weighted by atomic mass is 32.2. The molecule has 1 aliphatic rings. The lowest BCUT2D eigenvalue weighted by Gasteiger charge is -2.38. The van der Waals surface area contributed by atoms with E-state index in [1.54, 1.807) is 67.1 Å². The Kier molecular flexibility index (Phi) is 9.99.